The van der Waals surface area contributed by atoms with E-state index in [9.17, 15) is 9.59 Å². The standard InChI is InChI=1S/C13H19BrO4S2/c1-9(14)7-13(11(15)17-2,12(16)18-3)8-10-19-5-4-6-20-10/h10H,1,4-8H2,2-3H3. The van der Waals surface area contributed by atoms with Gasteiger partial charge in [0, 0.05) is 6.42 Å². The number of ether oxygens (including phenoxy) is 2. The molecule has 0 aliphatic carbocycles. The van der Waals surface area contributed by atoms with Crippen LogP contribution in [-0.4, -0.2) is 42.2 Å². The van der Waals surface area contributed by atoms with E-state index in [1.807, 2.05) is 0 Å². The van der Waals surface area contributed by atoms with Gasteiger partial charge in [0.15, 0.2) is 5.41 Å². The molecule has 4 nitrogen and oxygen atoms in total. The molecule has 0 saturated carbocycles. The Labute approximate surface area is 136 Å². The molecule has 1 fully saturated rings. The second-order valence-corrected chi connectivity index (χ2v) is 8.53. The maximum absolute atomic E-state index is 12.2. The lowest BCUT2D eigenvalue weighted by atomic mass is 9.81. The zero-order valence-corrected chi connectivity index (χ0v) is 14.9. The van der Waals surface area contributed by atoms with Crippen molar-refractivity contribution < 1.29 is 19.1 Å². The maximum Gasteiger partial charge on any atom is 0.323 e. The number of carbonyl (C=O) groups excluding carboxylic acids is 2. The highest BCUT2D eigenvalue weighted by Crippen LogP contribution is 2.43. The van der Waals surface area contributed by atoms with Crippen molar-refractivity contribution in [2.75, 3.05) is 25.7 Å². The van der Waals surface area contributed by atoms with Crippen LogP contribution in [0.5, 0.6) is 0 Å². The van der Waals surface area contributed by atoms with Crippen LogP contribution in [0.15, 0.2) is 11.1 Å². The van der Waals surface area contributed by atoms with Crippen molar-refractivity contribution in [3.63, 3.8) is 0 Å². The SMILES string of the molecule is C=C(Br)CC(CC1SCCCS1)(C(=O)OC)C(=O)OC. The minimum Gasteiger partial charge on any atom is -0.468 e. The summed E-state index contributed by atoms with van der Waals surface area (Å²) in [5.41, 5.74) is -1.31. The van der Waals surface area contributed by atoms with Crippen molar-refractivity contribution in [3.8, 4) is 0 Å². The number of halogens is 1. The number of esters is 2. The fraction of sp³-hybridized carbons (Fsp3) is 0.692. The number of rotatable bonds is 6. The molecule has 0 atom stereocenters. The van der Waals surface area contributed by atoms with Crippen LogP contribution in [0.4, 0.5) is 0 Å². The summed E-state index contributed by atoms with van der Waals surface area (Å²) >= 11 is 6.80. The fourth-order valence-corrected chi connectivity index (χ4v) is 5.70. The molecule has 1 aliphatic heterocycles. The number of methoxy groups -OCH3 is 2. The highest BCUT2D eigenvalue weighted by Gasteiger charge is 2.50. The second-order valence-electron chi connectivity index (χ2n) is 4.49. The number of allylic oxidation sites excluding steroid dienone is 1. The molecule has 1 aliphatic rings. The Bertz CT molecular complexity index is 365. The average Bonchev–Trinajstić information content (AvgIpc) is 2.45. The van der Waals surface area contributed by atoms with Crippen molar-refractivity contribution in [1.82, 2.24) is 0 Å². The highest BCUT2D eigenvalue weighted by atomic mass is 79.9. The first-order chi connectivity index (χ1) is 9.46. The third-order valence-electron chi connectivity index (χ3n) is 3.06. The molecule has 0 aromatic heterocycles. The summed E-state index contributed by atoms with van der Waals surface area (Å²) in [4.78, 5) is 24.5. The van der Waals surface area contributed by atoms with Crippen LogP contribution in [-0.2, 0) is 19.1 Å². The maximum atomic E-state index is 12.2. The molecule has 1 saturated heterocycles. The largest absolute Gasteiger partial charge is 0.468 e. The van der Waals surface area contributed by atoms with Crippen LogP contribution < -0.4 is 0 Å². The second kappa shape index (κ2) is 8.34. The van der Waals surface area contributed by atoms with Gasteiger partial charge < -0.3 is 9.47 Å². The summed E-state index contributed by atoms with van der Waals surface area (Å²) < 4.78 is 10.5. The topological polar surface area (TPSA) is 52.6 Å². The van der Waals surface area contributed by atoms with Gasteiger partial charge in [-0.05, 0) is 28.8 Å². The van der Waals surface area contributed by atoms with Crippen LogP contribution in [0.3, 0.4) is 0 Å². The van der Waals surface area contributed by atoms with E-state index in [2.05, 4.69) is 22.5 Å². The summed E-state index contributed by atoms with van der Waals surface area (Å²) in [6.45, 7) is 3.75. The Hall–Kier alpha value is -0.140. The van der Waals surface area contributed by atoms with E-state index >= 15 is 0 Å². The summed E-state index contributed by atoms with van der Waals surface area (Å²) in [7, 11) is 2.58. The lowest BCUT2D eigenvalue weighted by Gasteiger charge is -2.32. The van der Waals surface area contributed by atoms with Gasteiger partial charge in [0.25, 0.3) is 0 Å². The summed E-state index contributed by atoms with van der Waals surface area (Å²) in [5.74, 6) is 0.977. The molecular formula is C13H19BrO4S2. The summed E-state index contributed by atoms with van der Waals surface area (Å²) in [6.07, 6.45) is 1.73. The molecule has 7 heteroatoms. The zero-order valence-electron chi connectivity index (χ0n) is 11.6. The molecule has 114 valence electrons. The molecule has 0 aromatic carbocycles. The molecule has 0 bridgehead atoms. The molecule has 0 radical (unpaired) electrons. The Kier molecular flexibility index (Phi) is 7.47. The molecule has 0 spiro atoms. The first-order valence-corrected chi connectivity index (χ1v) is 9.08. The molecule has 0 amide bonds. The average molecular weight is 383 g/mol. The van der Waals surface area contributed by atoms with E-state index in [4.69, 9.17) is 9.47 Å². The smallest absolute Gasteiger partial charge is 0.323 e. The fourth-order valence-electron chi connectivity index (χ4n) is 2.12. The Morgan fingerprint density at radius 3 is 2.15 bits per heavy atom. The van der Waals surface area contributed by atoms with Crippen molar-refractivity contribution in [2.45, 2.75) is 23.8 Å². The summed E-state index contributed by atoms with van der Waals surface area (Å²) in [6, 6.07) is 0. The van der Waals surface area contributed by atoms with Crippen molar-refractivity contribution >= 4 is 51.4 Å². The molecule has 1 heterocycles. The van der Waals surface area contributed by atoms with Crippen LogP contribution in [0.1, 0.15) is 19.3 Å². The first kappa shape index (κ1) is 17.9. The molecule has 0 N–H and O–H groups in total. The lowest BCUT2D eigenvalue weighted by Crippen LogP contribution is -2.43. The minimum atomic E-state index is -1.31. The summed E-state index contributed by atoms with van der Waals surface area (Å²) in [5, 5.41) is 0. The number of hydrogen-bond acceptors (Lipinski definition) is 6. The van der Waals surface area contributed by atoms with Gasteiger partial charge in [0.1, 0.15) is 0 Å². The normalized spacial score (nSPS) is 16.6. The lowest BCUT2D eigenvalue weighted by molar-refractivity contribution is -0.169. The van der Waals surface area contributed by atoms with Gasteiger partial charge in [-0.1, -0.05) is 22.5 Å². The van der Waals surface area contributed by atoms with E-state index in [1.54, 1.807) is 23.5 Å². The van der Waals surface area contributed by atoms with Crippen molar-refractivity contribution in [3.05, 3.63) is 11.1 Å². The van der Waals surface area contributed by atoms with E-state index in [0.717, 1.165) is 17.9 Å². The zero-order chi connectivity index (χ0) is 15.2. The van der Waals surface area contributed by atoms with Gasteiger partial charge in [-0.2, -0.15) is 0 Å². The van der Waals surface area contributed by atoms with E-state index in [-0.39, 0.29) is 11.0 Å². The Morgan fingerprint density at radius 2 is 1.75 bits per heavy atom. The van der Waals surface area contributed by atoms with Gasteiger partial charge in [-0.15, -0.1) is 23.5 Å². The van der Waals surface area contributed by atoms with Crippen LogP contribution >= 0.6 is 39.5 Å². The van der Waals surface area contributed by atoms with Crippen molar-refractivity contribution in [1.29, 1.82) is 0 Å². The molecule has 0 aromatic rings. The third-order valence-corrected chi connectivity index (χ3v) is 6.28. The minimum absolute atomic E-state index is 0.184. The van der Waals surface area contributed by atoms with Gasteiger partial charge >= 0.3 is 11.9 Å². The van der Waals surface area contributed by atoms with Gasteiger partial charge in [0.05, 0.1) is 18.8 Å². The first-order valence-electron chi connectivity index (χ1n) is 6.19. The van der Waals surface area contributed by atoms with Crippen LogP contribution in [0, 0.1) is 5.41 Å². The van der Waals surface area contributed by atoms with Gasteiger partial charge in [0.2, 0.25) is 0 Å². The Balaban J connectivity index is 3.03. The molecule has 20 heavy (non-hydrogen) atoms. The van der Waals surface area contributed by atoms with E-state index in [0.29, 0.717) is 10.9 Å². The van der Waals surface area contributed by atoms with Crippen LogP contribution in [0.25, 0.3) is 0 Å². The highest BCUT2D eigenvalue weighted by molar-refractivity contribution is 9.11. The molecule has 0 unspecified atom stereocenters. The predicted molar refractivity (Wildman–Crippen MR) is 87.1 cm³/mol. The van der Waals surface area contributed by atoms with Crippen LogP contribution in [0.2, 0.25) is 0 Å². The molecular weight excluding hydrogens is 364 g/mol. The third kappa shape index (κ3) is 4.43. The van der Waals surface area contributed by atoms with E-state index < -0.39 is 17.4 Å². The number of hydrogen-bond donors (Lipinski definition) is 0. The Morgan fingerprint density at radius 1 is 1.25 bits per heavy atom. The monoisotopic (exact) mass is 382 g/mol. The quantitative estimate of drug-likeness (QED) is 0.519. The van der Waals surface area contributed by atoms with Gasteiger partial charge in [-0.3, -0.25) is 9.59 Å². The number of thioether (sulfide) groups is 2. The predicted octanol–water partition coefficient (Wildman–Crippen LogP) is 3.20. The van der Waals surface area contributed by atoms with E-state index in [1.165, 1.54) is 14.2 Å². The van der Waals surface area contributed by atoms with Crippen molar-refractivity contribution in [2.24, 2.45) is 5.41 Å². The molecule has 1 rings (SSSR count). The van der Waals surface area contributed by atoms with Gasteiger partial charge in [-0.25, -0.2) is 0 Å². The number of carbonyl (C=O) groups is 2.